The molecule has 3 aliphatic rings. The van der Waals surface area contributed by atoms with Crippen LogP contribution in [0.15, 0.2) is 30.3 Å². The summed E-state index contributed by atoms with van der Waals surface area (Å²) in [7, 11) is 1.70. The maximum absolute atomic E-state index is 12.6. The second-order valence-electron chi connectivity index (χ2n) is 6.94. The molecule has 0 aliphatic carbocycles. The first-order chi connectivity index (χ1) is 11.0. The Labute approximate surface area is 146 Å². The lowest BCUT2D eigenvalue weighted by Gasteiger charge is -2.51. The Balaban J connectivity index is 0.00000169. The quantitative estimate of drug-likeness (QED) is 0.381. The van der Waals surface area contributed by atoms with Gasteiger partial charge in [-0.15, -0.1) is 12.4 Å². The molecule has 7 heteroatoms. The Morgan fingerprint density at radius 3 is 2.46 bits per heavy atom. The maximum atomic E-state index is 12.6. The monoisotopic (exact) mass is 355 g/mol. The van der Waals surface area contributed by atoms with Crippen LogP contribution in [-0.4, -0.2) is 59.8 Å². The summed E-state index contributed by atoms with van der Waals surface area (Å²) in [5.41, 5.74) is 0.745. The smallest absolute Gasteiger partial charge is 0.316 e. The number of quaternary nitrogens is 1. The van der Waals surface area contributed by atoms with E-state index in [4.69, 9.17) is 9.47 Å². The van der Waals surface area contributed by atoms with Gasteiger partial charge in [0.05, 0.1) is 13.7 Å². The van der Waals surface area contributed by atoms with Crippen LogP contribution in [0.5, 0.6) is 0 Å². The molecular formula is C17H22ClNO5. The van der Waals surface area contributed by atoms with Crippen molar-refractivity contribution in [2.75, 3.05) is 13.7 Å². The summed E-state index contributed by atoms with van der Waals surface area (Å²) >= 11 is 0. The van der Waals surface area contributed by atoms with Crippen LogP contribution < -0.4 is 0 Å². The molecule has 1 N–H and O–H groups in total. The predicted octanol–water partition coefficient (Wildman–Crippen LogP) is 1.35. The van der Waals surface area contributed by atoms with E-state index < -0.39 is 11.9 Å². The van der Waals surface area contributed by atoms with E-state index in [0.717, 1.165) is 5.56 Å². The Hall–Kier alpha value is -1.18. The summed E-state index contributed by atoms with van der Waals surface area (Å²) in [5.74, 6) is -1.09. The molecule has 2 bridgehead atoms. The summed E-state index contributed by atoms with van der Waals surface area (Å²) in [6.07, 6.45) is 0.891. The van der Waals surface area contributed by atoms with Gasteiger partial charge in [-0.1, -0.05) is 30.3 Å². The van der Waals surface area contributed by atoms with Gasteiger partial charge in [0, 0.05) is 12.8 Å². The van der Waals surface area contributed by atoms with E-state index in [1.54, 1.807) is 19.2 Å². The number of carbonyl (C=O) groups is 1. The zero-order chi connectivity index (χ0) is 16.2. The maximum Gasteiger partial charge on any atom is 0.316 e. The fourth-order valence-electron chi connectivity index (χ4n) is 4.25. The molecule has 0 amide bonds. The number of hydrogen-bond donors (Lipinski definition) is 1. The summed E-state index contributed by atoms with van der Waals surface area (Å²) in [6, 6.07) is 8.86. The number of esters is 1. The van der Waals surface area contributed by atoms with Gasteiger partial charge in [-0.3, -0.25) is 4.79 Å². The van der Waals surface area contributed by atoms with E-state index in [2.05, 4.69) is 0 Å². The molecule has 0 saturated carbocycles. The van der Waals surface area contributed by atoms with E-state index in [1.807, 2.05) is 18.2 Å². The molecule has 3 fully saturated rings. The van der Waals surface area contributed by atoms with Crippen molar-refractivity contribution in [3.63, 3.8) is 0 Å². The van der Waals surface area contributed by atoms with Gasteiger partial charge in [0.1, 0.15) is 36.3 Å². The topological polar surface area (TPSA) is 82.1 Å². The van der Waals surface area contributed by atoms with E-state index in [1.165, 1.54) is 0 Å². The van der Waals surface area contributed by atoms with Crippen molar-refractivity contribution < 1.29 is 24.0 Å². The highest BCUT2D eigenvalue weighted by Gasteiger charge is 2.69. The number of morpholine rings is 1. The Bertz CT molecular complexity index is 590. The predicted molar refractivity (Wildman–Crippen MR) is 88.4 cm³/mol. The first-order valence-electron chi connectivity index (χ1n) is 8.11. The van der Waals surface area contributed by atoms with Gasteiger partial charge in [0.2, 0.25) is 0 Å². The van der Waals surface area contributed by atoms with E-state index in [0.29, 0.717) is 12.8 Å². The number of ether oxygens (including phenoxy) is 2. The zero-order valence-electron chi connectivity index (χ0n) is 13.4. The highest BCUT2D eigenvalue weighted by Crippen LogP contribution is 2.52. The number of aliphatic hydroxyl groups excluding tert-OH is 1. The van der Waals surface area contributed by atoms with E-state index >= 15 is 0 Å². The number of likely N-dealkylation sites (N-methyl/N-ethyl adjacent to an activating group) is 1. The molecule has 7 atom stereocenters. The van der Waals surface area contributed by atoms with Crippen molar-refractivity contribution in [1.29, 1.82) is 0 Å². The molecule has 6 nitrogen and oxygen atoms in total. The third-order valence-electron chi connectivity index (χ3n) is 5.60. The van der Waals surface area contributed by atoms with E-state index in [-0.39, 0.29) is 54.1 Å². The summed E-state index contributed by atoms with van der Waals surface area (Å²) in [6.45, 7) is -0.286. The molecule has 0 aromatic heterocycles. The number of aliphatic hydroxyl groups is 1. The van der Waals surface area contributed by atoms with Crippen molar-refractivity contribution in [2.45, 2.75) is 49.2 Å². The van der Waals surface area contributed by atoms with Crippen molar-refractivity contribution in [2.24, 2.45) is 0 Å². The number of fused-ring (bicyclic) bond motifs is 5. The van der Waals surface area contributed by atoms with Crippen molar-refractivity contribution in [3.8, 4) is 0 Å². The molecule has 3 heterocycles. The first kappa shape index (κ1) is 17.6. The second-order valence-corrected chi connectivity index (χ2v) is 6.94. The van der Waals surface area contributed by atoms with Gasteiger partial charge < -0.3 is 24.4 Å². The van der Waals surface area contributed by atoms with Gasteiger partial charge in [-0.2, -0.15) is 0 Å². The lowest BCUT2D eigenvalue weighted by atomic mass is 9.97. The number of benzene rings is 1. The fourth-order valence-corrected chi connectivity index (χ4v) is 4.25. The van der Waals surface area contributed by atoms with Gasteiger partial charge >= 0.3 is 5.97 Å². The summed E-state index contributed by atoms with van der Waals surface area (Å²) in [5, 5.41) is 22.2. The third kappa shape index (κ3) is 2.72. The van der Waals surface area contributed by atoms with Gasteiger partial charge in [0.15, 0.2) is 0 Å². The number of epoxide rings is 1. The molecule has 132 valence electrons. The molecule has 0 radical (unpaired) electrons. The van der Waals surface area contributed by atoms with Crippen LogP contribution in [0.3, 0.4) is 0 Å². The molecule has 1 unspecified atom stereocenters. The van der Waals surface area contributed by atoms with Crippen molar-refractivity contribution in [3.05, 3.63) is 41.1 Å². The Morgan fingerprint density at radius 1 is 1.33 bits per heavy atom. The average molecular weight is 356 g/mol. The largest absolute Gasteiger partial charge is 0.632 e. The molecule has 0 spiro atoms. The van der Waals surface area contributed by atoms with E-state index in [9.17, 15) is 15.1 Å². The molecular weight excluding hydrogens is 334 g/mol. The number of nitrogens with zero attached hydrogens (tertiary/aromatic N) is 1. The minimum Gasteiger partial charge on any atom is -0.632 e. The molecule has 1 aromatic rings. The fraction of sp³-hybridized carbons (Fsp3) is 0.588. The van der Waals surface area contributed by atoms with Crippen LogP contribution in [0, 0.1) is 5.21 Å². The summed E-state index contributed by atoms with van der Waals surface area (Å²) < 4.78 is 10.9. The van der Waals surface area contributed by atoms with Gasteiger partial charge in [-0.25, -0.2) is 0 Å². The number of hydroxylamine groups is 3. The molecule has 1 aromatic carbocycles. The van der Waals surface area contributed by atoms with Crippen LogP contribution in [0.25, 0.3) is 0 Å². The molecule has 3 saturated heterocycles. The van der Waals surface area contributed by atoms with Crippen LogP contribution in [-0.2, 0) is 14.3 Å². The van der Waals surface area contributed by atoms with Crippen LogP contribution in [0.1, 0.15) is 24.3 Å². The number of hydrogen-bond acceptors (Lipinski definition) is 5. The highest BCUT2D eigenvalue weighted by molar-refractivity contribution is 5.85. The molecule has 3 aliphatic heterocycles. The molecule has 24 heavy (non-hydrogen) atoms. The number of carbonyl (C=O) groups excluding carboxylic acids is 1. The number of rotatable bonds is 4. The first-order valence-corrected chi connectivity index (χ1v) is 8.11. The van der Waals surface area contributed by atoms with Crippen LogP contribution >= 0.6 is 12.4 Å². The van der Waals surface area contributed by atoms with Crippen LogP contribution in [0.4, 0.5) is 0 Å². The Kier molecular flexibility index (Phi) is 4.61. The standard InChI is InChI=1S/C17H21NO5.ClH/c1-18(21)13-7-11(8-14(18)16-15(13)23-16)22-17(20)12(9-19)10-5-3-2-4-6-10;/h2-6,11-16,19H,7-9H2,1H3;1H/t11-,12-,13-,14+,15-,16+,18?;/m1./s1. The number of halogens is 1. The average Bonchev–Trinajstić information content (AvgIpc) is 3.27. The zero-order valence-corrected chi connectivity index (χ0v) is 14.2. The van der Waals surface area contributed by atoms with Gasteiger partial charge in [0.25, 0.3) is 0 Å². The lowest BCUT2D eigenvalue weighted by Crippen LogP contribution is -2.58. The Morgan fingerprint density at radius 2 is 1.92 bits per heavy atom. The van der Waals surface area contributed by atoms with Crippen LogP contribution in [0.2, 0.25) is 0 Å². The van der Waals surface area contributed by atoms with Crippen molar-refractivity contribution >= 4 is 18.4 Å². The SMILES string of the molecule is C[N+]1([O-])[C@@H]2C[C@@H](OC(=O)[C@H](CO)c3ccccc3)C[C@H]1[C@@H]1O[C@@H]12.Cl. The minimum absolute atomic E-state index is 0. The third-order valence-corrected chi connectivity index (χ3v) is 5.60. The van der Waals surface area contributed by atoms with Gasteiger partial charge in [-0.05, 0) is 5.56 Å². The molecule has 4 rings (SSSR count). The lowest BCUT2D eigenvalue weighted by molar-refractivity contribution is -0.911. The summed E-state index contributed by atoms with van der Waals surface area (Å²) in [4.78, 5) is 12.4. The highest BCUT2D eigenvalue weighted by atomic mass is 35.5. The normalized spacial score (nSPS) is 40.2. The van der Waals surface area contributed by atoms with Crippen molar-refractivity contribution in [1.82, 2.24) is 0 Å². The number of piperidine rings is 1. The minimum atomic E-state index is -0.672. The second kappa shape index (κ2) is 6.28.